The lowest BCUT2D eigenvalue weighted by Crippen LogP contribution is -2.16. The van der Waals surface area contributed by atoms with E-state index >= 15 is 0 Å². The molecule has 3 aromatic rings. The molecular weight excluding hydrogens is 342 g/mol. The first-order chi connectivity index (χ1) is 13.1. The molecule has 0 atom stereocenters. The molecule has 8 heteroatoms. The number of carbonyl (C=O) groups is 1. The molecule has 4 N–H and O–H groups in total. The lowest BCUT2D eigenvalue weighted by molar-refractivity contribution is 0.100. The summed E-state index contributed by atoms with van der Waals surface area (Å²) >= 11 is 0. The Hall–Kier alpha value is -3.42. The summed E-state index contributed by atoms with van der Waals surface area (Å²) in [6, 6.07) is 8.38. The molecular formula is C19H21N7O. The first kappa shape index (κ1) is 17.0. The molecule has 0 aliphatic heterocycles. The van der Waals surface area contributed by atoms with Gasteiger partial charge in [-0.15, -0.1) is 0 Å². The highest BCUT2D eigenvalue weighted by molar-refractivity contribution is 5.98. The first-order valence-electron chi connectivity index (χ1n) is 8.97. The van der Waals surface area contributed by atoms with Crippen molar-refractivity contribution in [2.75, 3.05) is 10.6 Å². The third kappa shape index (κ3) is 3.74. The second-order valence-electron chi connectivity index (χ2n) is 6.52. The van der Waals surface area contributed by atoms with Crippen molar-refractivity contribution in [3.63, 3.8) is 0 Å². The van der Waals surface area contributed by atoms with E-state index in [0.29, 0.717) is 17.8 Å². The largest absolute Gasteiger partial charge is 0.365 e. The number of primary amides is 1. The number of carbonyl (C=O) groups excluding carboxylic acids is 1. The van der Waals surface area contributed by atoms with Gasteiger partial charge in [-0.25, -0.2) is 4.98 Å². The second kappa shape index (κ2) is 7.06. The van der Waals surface area contributed by atoms with Crippen LogP contribution in [0.4, 0.5) is 23.1 Å². The van der Waals surface area contributed by atoms with Crippen LogP contribution >= 0.6 is 0 Å². The van der Waals surface area contributed by atoms with Crippen molar-refractivity contribution < 1.29 is 4.79 Å². The number of hydrogen-bond donors (Lipinski definition) is 3. The molecule has 8 nitrogen and oxygen atoms in total. The Morgan fingerprint density at radius 3 is 2.81 bits per heavy atom. The van der Waals surface area contributed by atoms with E-state index in [9.17, 15) is 4.79 Å². The highest BCUT2D eigenvalue weighted by Gasteiger charge is 2.24. The topological polar surface area (TPSA) is 111 Å². The van der Waals surface area contributed by atoms with Crippen molar-refractivity contribution in [3.05, 3.63) is 54.0 Å². The number of amides is 1. The average Bonchev–Trinajstić information content (AvgIpc) is 3.42. The number of hydrogen-bond acceptors (Lipinski definition) is 6. The SMILES string of the molecule is CCc1ccccc1Nc1nc(Nc2cnn(C3CC3)c2)ncc1C(N)=O. The minimum atomic E-state index is -0.584. The van der Waals surface area contributed by atoms with Crippen LogP contribution in [0.5, 0.6) is 0 Å². The molecule has 138 valence electrons. The number of anilines is 4. The van der Waals surface area contributed by atoms with Gasteiger partial charge in [0.2, 0.25) is 5.95 Å². The quantitative estimate of drug-likeness (QED) is 0.595. The van der Waals surface area contributed by atoms with E-state index in [1.165, 1.54) is 6.20 Å². The van der Waals surface area contributed by atoms with Crippen LogP contribution in [-0.2, 0) is 6.42 Å². The molecule has 0 spiro atoms. The normalized spacial score (nSPS) is 13.4. The third-order valence-electron chi connectivity index (χ3n) is 4.48. The summed E-state index contributed by atoms with van der Waals surface area (Å²) in [4.78, 5) is 20.5. The van der Waals surface area contributed by atoms with Gasteiger partial charge in [-0.3, -0.25) is 9.48 Å². The van der Waals surface area contributed by atoms with Gasteiger partial charge in [-0.1, -0.05) is 25.1 Å². The molecule has 2 aromatic heterocycles. The van der Waals surface area contributed by atoms with E-state index < -0.39 is 5.91 Å². The van der Waals surface area contributed by atoms with Crippen LogP contribution in [0.15, 0.2) is 42.9 Å². The van der Waals surface area contributed by atoms with Crippen LogP contribution in [0.1, 0.15) is 41.7 Å². The number of nitrogens with zero attached hydrogens (tertiary/aromatic N) is 4. The van der Waals surface area contributed by atoms with Crippen LogP contribution in [0, 0.1) is 0 Å². The van der Waals surface area contributed by atoms with Crippen LogP contribution < -0.4 is 16.4 Å². The number of aromatic nitrogens is 4. The number of rotatable bonds is 7. The first-order valence-corrected chi connectivity index (χ1v) is 8.97. The fraction of sp³-hybridized carbons (Fsp3) is 0.263. The van der Waals surface area contributed by atoms with Crippen molar-refractivity contribution in [1.82, 2.24) is 19.7 Å². The zero-order chi connectivity index (χ0) is 18.8. The zero-order valence-corrected chi connectivity index (χ0v) is 15.0. The number of nitrogens with one attached hydrogen (secondary N) is 2. The van der Waals surface area contributed by atoms with Crippen molar-refractivity contribution in [1.29, 1.82) is 0 Å². The molecule has 0 unspecified atom stereocenters. The lowest BCUT2D eigenvalue weighted by Gasteiger charge is -2.13. The maximum Gasteiger partial charge on any atom is 0.254 e. The Kier molecular flexibility index (Phi) is 4.45. The van der Waals surface area contributed by atoms with E-state index in [-0.39, 0.29) is 5.56 Å². The minimum Gasteiger partial charge on any atom is -0.365 e. The van der Waals surface area contributed by atoms with Gasteiger partial charge in [-0.2, -0.15) is 10.1 Å². The zero-order valence-electron chi connectivity index (χ0n) is 15.0. The van der Waals surface area contributed by atoms with Gasteiger partial charge in [0.15, 0.2) is 0 Å². The number of para-hydroxylation sites is 1. The van der Waals surface area contributed by atoms with Gasteiger partial charge in [-0.05, 0) is 30.9 Å². The second-order valence-corrected chi connectivity index (χ2v) is 6.52. The predicted molar refractivity (Wildman–Crippen MR) is 103 cm³/mol. The molecule has 0 bridgehead atoms. The van der Waals surface area contributed by atoms with Gasteiger partial charge in [0, 0.05) is 18.1 Å². The standard InChI is InChI=1S/C19H21N7O/c1-2-12-5-3-4-6-16(12)24-18-15(17(20)27)10-21-19(25-18)23-13-9-22-26(11-13)14-7-8-14/h3-6,9-11,14H,2,7-8H2,1H3,(H2,20,27)(H2,21,23,24,25). The van der Waals surface area contributed by atoms with E-state index in [1.54, 1.807) is 6.20 Å². The summed E-state index contributed by atoms with van der Waals surface area (Å²) in [5.41, 5.74) is 8.53. The molecule has 2 heterocycles. The summed E-state index contributed by atoms with van der Waals surface area (Å²) in [7, 11) is 0. The molecule has 1 amide bonds. The third-order valence-corrected chi connectivity index (χ3v) is 4.48. The van der Waals surface area contributed by atoms with Crippen LogP contribution in [0.25, 0.3) is 0 Å². The van der Waals surface area contributed by atoms with Crippen LogP contribution in [0.3, 0.4) is 0 Å². The maximum atomic E-state index is 11.8. The summed E-state index contributed by atoms with van der Waals surface area (Å²) < 4.78 is 1.94. The van der Waals surface area contributed by atoms with E-state index in [4.69, 9.17) is 5.73 Å². The Bertz CT molecular complexity index is 978. The van der Waals surface area contributed by atoms with Crippen molar-refractivity contribution in [3.8, 4) is 0 Å². The fourth-order valence-electron chi connectivity index (χ4n) is 2.87. The van der Waals surface area contributed by atoms with Crippen LogP contribution in [-0.4, -0.2) is 25.7 Å². The fourth-order valence-corrected chi connectivity index (χ4v) is 2.87. The molecule has 27 heavy (non-hydrogen) atoms. The summed E-state index contributed by atoms with van der Waals surface area (Å²) in [6.45, 7) is 2.07. The van der Waals surface area contributed by atoms with Gasteiger partial charge in [0.1, 0.15) is 11.4 Å². The summed E-state index contributed by atoms with van der Waals surface area (Å²) in [5.74, 6) is 0.155. The van der Waals surface area contributed by atoms with Crippen molar-refractivity contribution in [2.24, 2.45) is 5.73 Å². The Morgan fingerprint density at radius 2 is 2.07 bits per heavy atom. The van der Waals surface area contributed by atoms with E-state index in [0.717, 1.165) is 36.2 Å². The maximum absolute atomic E-state index is 11.8. The Labute approximate surface area is 156 Å². The van der Waals surface area contributed by atoms with Gasteiger partial charge >= 0.3 is 0 Å². The Balaban J connectivity index is 1.62. The molecule has 4 rings (SSSR count). The molecule has 1 aliphatic carbocycles. The molecule has 0 saturated heterocycles. The van der Waals surface area contributed by atoms with E-state index in [1.807, 2.05) is 35.1 Å². The summed E-state index contributed by atoms with van der Waals surface area (Å²) in [6.07, 6.45) is 8.28. The minimum absolute atomic E-state index is 0.236. The molecule has 1 fully saturated rings. The molecule has 0 radical (unpaired) electrons. The van der Waals surface area contributed by atoms with Gasteiger partial charge in [0.25, 0.3) is 5.91 Å². The predicted octanol–water partition coefficient (Wildman–Crippen LogP) is 3.16. The highest BCUT2D eigenvalue weighted by atomic mass is 16.1. The lowest BCUT2D eigenvalue weighted by atomic mass is 10.1. The summed E-state index contributed by atoms with van der Waals surface area (Å²) in [5, 5.41) is 10.7. The van der Waals surface area contributed by atoms with E-state index in [2.05, 4.69) is 32.6 Å². The van der Waals surface area contributed by atoms with Crippen LogP contribution in [0.2, 0.25) is 0 Å². The molecule has 1 aliphatic rings. The number of aryl methyl sites for hydroxylation is 1. The number of benzene rings is 1. The highest BCUT2D eigenvalue weighted by Crippen LogP contribution is 2.34. The van der Waals surface area contributed by atoms with Crippen molar-refractivity contribution in [2.45, 2.75) is 32.2 Å². The van der Waals surface area contributed by atoms with Crippen molar-refractivity contribution >= 4 is 29.0 Å². The molecule has 1 aromatic carbocycles. The monoisotopic (exact) mass is 363 g/mol. The molecule has 1 saturated carbocycles. The average molecular weight is 363 g/mol. The smallest absolute Gasteiger partial charge is 0.254 e. The Morgan fingerprint density at radius 1 is 1.26 bits per heavy atom. The van der Waals surface area contributed by atoms with Gasteiger partial charge < -0.3 is 16.4 Å². The number of nitrogens with two attached hydrogens (primary N) is 1. The van der Waals surface area contributed by atoms with Gasteiger partial charge in [0.05, 0.1) is 17.9 Å².